The van der Waals surface area contributed by atoms with Gasteiger partial charge in [0, 0.05) is 6.08 Å². The lowest BCUT2D eigenvalue weighted by Crippen LogP contribution is -2.20. The van der Waals surface area contributed by atoms with Crippen LogP contribution in [0.2, 0.25) is 0 Å². The largest absolute Gasteiger partial charge is 0.460 e. The summed E-state index contributed by atoms with van der Waals surface area (Å²) in [6.45, 7) is 3.89. The summed E-state index contributed by atoms with van der Waals surface area (Å²) >= 11 is 0. The van der Waals surface area contributed by atoms with Gasteiger partial charge < -0.3 is 9.84 Å². The molecule has 2 unspecified atom stereocenters. The molecule has 3 nitrogen and oxygen atoms in total. The van der Waals surface area contributed by atoms with Crippen LogP contribution in [0.15, 0.2) is 42.5 Å². The Morgan fingerprint density at radius 2 is 2.05 bits per heavy atom. The molecule has 0 bridgehead atoms. The number of hydrogen-bond donors (Lipinski definition) is 1. The zero-order valence-electron chi connectivity index (χ0n) is 11.6. The predicted molar refractivity (Wildman–Crippen MR) is 75.9 cm³/mol. The van der Waals surface area contributed by atoms with Gasteiger partial charge in [-0.1, -0.05) is 43.3 Å². The van der Waals surface area contributed by atoms with E-state index < -0.39 is 12.1 Å². The molecule has 0 radical (unpaired) electrons. The van der Waals surface area contributed by atoms with E-state index in [1.807, 2.05) is 18.2 Å². The fraction of sp³-hybridized carbons (Fsp3) is 0.438. The van der Waals surface area contributed by atoms with Gasteiger partial charge in [0.25, 0.3) is 0 Å². The second-order valence-corrected chi connectivity index (χ2v) is 4.54. The Morgan fingerprint density at radius 1 is 1.37 bits per heavy atom. The van der Waals surface area contributed by atoms with Gasteiger partial charge in [0.2, 0.25) is 0 Å². The van der Waals surface area contributed by atoms with Crippen LogP contribution in [0.3, 0.4) is 0 Å². The molecule has 0 aliphatic heterocycles. The summed E-state index contributed by atoms with van der Waals surface area (Å²) in [5.74, 6) is -0.120. The topological polar surface area (TPSA) is 46.5 Å². The third kappa shape index (κ3) is 5.71. The maximum absolute atomic E-state index is 11.2. The van der Waals surface area contributed by atoms with E-state index in [1.54, 1.807) is 13.0 Å². The molecular formula is C16H22O3. The van der Waals surface area contributed by atoms with Crippen molar-refractivity contribution in [2.45, 2.75) is 38.7 Å². The molecule has 0 spiro atoms. The molecule has 3 heteroatoms. The second kappa shape index (κ2) is 8.48. The lowest BCUT2D eigenvalue weighted by molar-refractivity contribution is -0.140. The first-order valence-corrected chi connectivity index (χ1v) is 6.69. The third-order valence-corrected chi connectivity index (χ3v) is 3.04. The van der Waals surface area contributed by atoms with Gasteiger partial charge in [-0.25, -0.2) is 4.79 Å². The van der Waals surface area contributed by atoms with Crippen LogP contribution in [0.4, 0.5) is 0 Å². The van der Waals surface area contributed by atoms with E-state index in [0.717, 1.165) is 6.42 Å². The molecule has 0 amide bonds. The van der Waals surface area contributed by atoms with Gasteiger partial charge in [-0.05, 0) is 31.2 Å². The van der Waals surface area contributed by atoms with E-state index in [9.17, 15) is 9.90 Å². The number of ether oxygens (including phenoxy) is 1. The number of carbonyl (C=O) groups excluding carboxylic acids is 1. The molecule has 19 heavy (non-hydrogen) atoms. The molecule has 104 valence electrons. The maximum atomic E-state index is 11.2. The highest BCUT2D eigenvalue weighted by Gasteiger charge is 2.15. The Balaban J connectivity index is 2.45. The van der Waals surface area contributed by atoms with Crippen LogP contribution in [0.5, 0.6) is 0 Å². The fourth-order valence-corrected chi connectivity index (χ4v) is 2.02. The molecule has 0 saturated heterocycles. The first kappa shape index (κ1) is 15.4. The lowest BCUT2D eigenvalue weighted by Gasteiger charge is -2.19. The Kier molecular flexibility index (Phi) is 6.90. The first-order chi connectivity index (χ1) is 9.17. The molecule has 0 aromatic heterocycles. The van der Waals surface area contributed by atoms with Crippen LogP contribution in [-0.2, 0) is 9.53 Å². The third-order valence-electron chi connectivity index (χ3n) is 3.04. The Labute approximate surface area is 114 Å². The highest BCUT2D eigenvalue weighted by Crippen LogP contribution is 2.24. The Hall–Kier alpha value is -1.61. The number of esters is 1. The van der Waals surface area contributed by atoms with Crippen LogP contribution in [0, 0.1) is 0 Å². The molecule has 0 fully saturated rings. The summed E-state index contributed by atoms with van der Waals surface area (Å²) in [6, 6.07) is 10.1. The maximum Gasteiger partial charge on any atom is 0.330 e. The van der Waals surface area contributed by atoms with Crippen molar-refractivity contribution in [3.8, 4) is 0 Å². The molecular weight excluding hydrogens is 240 g/mol. The van der Waals surface area contributed by atoms with Gasteiger partial charge in [0.05, 0.1) is 6.10 Å². The van der Waals surface area contributed by atoms with Crippen LogP contribution in [-0.4, -0.2) is 23.8 Å². The van der Waals surface area contributed by atoms with Crippen LogP contribution < -0.4 is 0 Å². The number of hydrogen-bond acceptors (Lipinski definition) is 3. The van der Waals surface area contributed by atoms with E-state index in [0.29, 0.717) is 6.42 Å². The molecule has 2 atom stereocenters. The van der Waals surface area contributed by atoms with Crippen molar-refractivity contribution in [3.63, 3.8) is 0 Å². The first-order valence-electron chi connectivity index (χ1n) is 6.69. The summed E-state index contributed by atoms with van der Waals surface area (Å²) in [5.41, 5.74) is 1.21. The minimum absolute atomic E-state index is 0.0481. The van der Waals surface area contributed by atoms with Gasteiger partial charge in [0.15, 0.2) is 0 Å². The van der Waals surface area contributed by atoms with Gasteiger partial charge in [-0.3, -0.25) is 0 Å². The van der Waals surface area contributed by atoms with Crippen LogP contribution in [0.25, 0.3) is 0 Å². The molecule has 1 aromatic carbocycles. The lowest BCUT2D eigenvalue weighted by atomic mass is 9.91. The number of benzene rings is 1. The molecule has 1 aromatic rings. The van der Waals surface area contributed by atoms with Crippen molar-refractivity contribution >= 4 is 5.97 Å². The number of allylic oxidation sites excluding steroid dienone is 1. The Bertz CT molecular complexity index is 398. The molecule has 0 saturated carbocycles. The minimum Gasteiger partial charge on any atom is -0.460 e. The fourth-order valence-electron chi connectivity index (χ4n) is 2.02. The highest BCUT2D eigenvalue weighted by atomic mass is 16.5. The summed E-state index contributed by atoms with van der Waals surface area (Å²) < 4.78 is 4.95. The van der Waals surface area contributed by atoms with Gasteiger partial charge >= 0.3 is 5.97 Å². The van der Waals surface area contributed by atoms with E-state index >= 15 is 0 Å². The summed E-state index contributed by atoms with van der Waals surface area (Å²) in [4.78, 5) is 11.2. The molecule has 0 aliphatic carbocycles. The second-order valence-electron chi connectivity index (χ2n) is 4.54. The van der Waals surface area contributed by atoms with Gasteiger partial charge in [-0.15, -0.1) is 0 Å². The standard InChI is InChI=1S/C16H22O3/c1-3-8-16(18)19-12-15(17)11-13(4-2)14-9-6-5-7-10-14/h3,5-10,13,15,17H,4,11-12H2,1-2H3. The van der Waals surface area contributed by atoms with Crippen molar-refractivity contribution < 1.29 is 14.6 Å². The monoisotopic (exact) mass is 262 g/mol. The molecule has 1 N–H and O–H groups in total. The SMILES string of the molecule is CC=CC(=O)OCC(O)CC(CC)c1ccccc1. The number of rotatable bonds is 7. The quantitative estimate of drug-likeness (QED) is 0.607. The normalized spacial score (nSPS) is 14.3. The van der Waals surface area contributed by atoms with E-state index in [-0.39, 0.29) is 12.5 Å². The van der Waals surface area contributed by atoms with Crippen LogP contribution >= 0.6 is 0 Å². The minimum atomic E-state index is -0.626. The van der Waals surface area contributed by atoms with Crippen molar-refractivity contribution in [1.82, 2.24) is 0 Å². The van der Waals surface area contributed by atoms with Crippen LogP contribution in [0.1, 0.15) is 38.2 Å². The summed E-state index contributed by atoms with van der Waals surface area (Å²) in [7, 11) is 0. The zero-order chi connectivity index (χ0) is 14.1. The Morgan fingerprint density at radius 3 is 2.63 bits per heavy atom. The van der Waals surface area contributed by atoms with Gasteiger partial charge in [0.1, 0.15) is 6.61 Å². The number of carbonyl (C=O) groups is 1. The van der Waals surface area contributed by atoms with E-state index in [4.69, 9.17) is 4.74 Å². The predicted octanol–water partition coefficient (Wildman–Crippen LogP) is 3.05. The van der Waals surface area contributed by atoms with Crippen molar-refractivity contribution in [2.75, 3.05) is 6.61 Å². The summed E-state index contributed by atoms with van der Waals surface area (Å²) in [6.07, 6.45) is 3.89. The van der Waals surface area contributed by atoms with E-state index in [1.165, 1.54) is 11.6 Å². The number of aliphatic hydroxyl groups is 1. The zero-order valence-corrected chi connectivity index (χ0v) is 11.6. The van der Waals surface area contributed by atoms with E-state index in [2.05, 4.69) is 19.1 Å². The molecule has 1 rings (SSSR count). The smallest absolute Gasteiger partial charge is 0.330 e. The van der Waals surface area contributed by atoms with Gasteiger partial charge in [-0.2, -0.15) is 0 Å². The van der Waals surface area contributed by atoms with Crippen molar-refractivity contribution in [1.29, 1.82) is 0 Å². The average Bonchev–Trinajstić information content (AvgIpc) is 2.44. The summed E-state index contributed by atoms with van der Waals surface area (Å²) in [5, 5.41) is 9.93. The van der Waals surface area contributed by atoms with Crippen molar-refractivity contribution in [2.24, 2.45) is 0 Å². The average molecular weight is 262 g/mol. The van der Waals surface area contributed by atoms with Crippen molar-refractivity contribution in [3.05, 3.63) is 48.0 Å². The molecule has 0 aliphatic rings. The molecule has 0 heterocycles. The number of aliphatic hydroxyl groups excluding tert-OH is 1. The highest BCUT2D eigenvalue weighted by molar-refractivity contribution is 5.81.